The number of rotatable bonds is 11. The quantitative estimate of drug-likeness (QED) is 0.296. The van der Waals surface area contributed by atoms with Gasteiger partial charge in [-0.25, -0.2) is 17.9 Å². The van der Waals surface area contributed by atoms with E-state index in [1.165, 1.54) is 24.6 Å². The molecule has 1 saturated carbocycles. The summed E-state index contributed by atoms with van der Waals surface area (Å²) in [4.78, 5) is 24.9. The summed E-state index contributed by atoms with van der Waals surface area (Å²) >= 11 is 11.7. The molecule has 0 heterocycles. The topological polar surface area (TPSA) is 137 Å². The molecular weight excluding hydrogens is 503 g/mol. The number of amides is 3. The van der Waals surface area contributed by atoms with Crippen molar-refractivity contribution in [2.45, 2.75) is 75.5 Å². The molecule has 12 heteroatoms. The van der Waals surface area contributed by atoms with Crippen LogP contribution in [0.15, 0.2) is 23.1 Å². The molecule has 0 saturated heterocycles. The van der Waals surface area contributed by atoms with E-state index in [1.807, 2.05) is 13.8 Å². The third-order valence-corrected chi connectivity index (χ3v) is 7.62. The number of carbonyl (C=O) groups excluding carboxylic acids is 2. The van der Waals surface area contributed by atoms with Crippen molar-refractivity contribution in [1.82, 2.24) is 20.7 Å². The SMILES string of the molecule is CC(C)C[C@H](NC(=O)NC1CCCCC1)C(=O)NC[C@@H](O)CNS(=O)(=O)c1ccc(Cl)cc1Cl. The number of nitrogens with one attached hydrogen (secondary N) is 4. The Bertz CT molecular complexity index is 939. The standard InChI is InChI=1S/C22H34Cl2N4O5S/c1-14(2)10-19(28-22(31)27-16-6-4-3-5-7-16)21(30)25-12-17(29)13-26-34(32,33)20-9-8-15(23)11-18(20)24/h8-9,11,14,16-17,19,26,29H,3-7,10,12-13H2,1-2H3,(H,25,30)(H2,27,28,31)/t17-,19+/m1/s1. The van der Waals surface area contributed by atoms with Crippen molar-refractivity contribution in [1.29, 1.82) is 0 Å². The van der Waals surface area contributed by atoms with Gasteiger partial charge < -0.3 is 21.1 Å². The molecule has 1 aromatic rings. The highest BCUT2D eigenvalue weighted by atomic mass is 35.5. The maximum Gasteiger partial charge on any atom is 0.315 e. The molecule has 0 unspecified atom stereocenters. The van der Waals surface area contributed by atoms with E-state index in [9.17, 15) is 23.1 Å². The van der Waals surface area contributed by atoms with E-state index in [4.69, 9.17) is 23.2 Å². The van der Waals surface area contributed by atoms with Crippen LogP contribution in [-0.2, 0) is 14.8 Å². The minimum Gasteiger partial charge on any atom is -0.390 e. The van der Waals surface area contributed by atoms with E-state index in [1.54, 1.807) is 0 Å². The summed E-state index contributed by atoms with van der Waals surface area (Å²) in [7, 11) is -3.98. The molecule has 0 aromatic heterocycles. The number of benzene rings is 1. The first kappa shape index (κ1) is 28.6. The van der Waals surface area contributed by atoms with E-state index < -0.39 is 28.1 Å². The number of halogens is 2. The van der Waals surface area contributed by atoms with E-state index in [2.05, 4.69) is 20.7 Å². The number of hydrogen-bond acceptors (Lipinski definition) is 5. The van der Waals surface area contributed by atoms with Crippen molar-refractivity contribution in [3.63, 3.8) is 0 Å². The zero-order valence-electron chi connectivity index (χ0n) is 19.4. The predicted molar refractivity (Wildman–Crippen MR) is 132 cm³/mol. The number of urea groups is 1. The van der Waals surface area contributed by atoms with Gasteiger partial charge in [0, 0.05) is 24.2 Å². The fourth-order valence-corrected chi connectivity index (χ4v) is 5.57. The van der Waals surface area contributed by atoms with Gasteiger partial charge in [0.2, 0.25) is 15.9 Å². The lowest BCUT2D eigenvalue weighted by atomic mass is 9.96. The van der Waals surface area contributed by atoms with Gasteiger partial charge in [-0.2, -0.15) is 0 Å². The molecule has 0 radical (unpaired) electrons. The highest BCUT2D eigenvalue weighted by Crippen LogP contribution is 2.24. The van der Waals surface area contributed by atoms with Crippen LogP contribution in [0, 0.1) is 5.92 Å². The third kappa shape index (κ3) is 9.58. The van der Waals surface area contributed by atoms with Crippen LogP contribution in [0.3, 0.4) is 0 Å². The van der Waals surface area contributed by atoms with E-state index in [0.29, 0.717) is 11.4 Å². The number of sulfonamides is 1. The summed E-state index contributed by atoms with van der Waals surface area (Å²) in [5.74, 6) is -0.304. The second-order valence-corrected chi connectivity index (χ2v) is 11.5. The molecule has 192 valence electrons. The molecule has 5 N–H and O–H groups in total. The number of aliphatic hydroxyl groups excluding tert-OH is 1. The van der Waals surface area contributed by atoms with Crippen molar-refractivity contribution in [3.05, 3.63) is 28.2 Å². The molecule has 2 rings (SSSR count). The van der Waals surface area contributed by atoms with Crippen LogP contribution >= 0.6 is 23.2 Å². The van der Waals surface area contributed by atoms with Gasteiger partial charge in [-0.3, -0.25) is 4.79 Å². The van der Waals surface area contributed by atoms with E-state index >= 15 is 0 Å². The first-order valence-corrected chi connectivity index (χ1v) is 13.7. The highest BCUT2D eigenvalue weighted by Gasteiger charge is 2.25. The van der Waals surface area contributed by atoms with E-state index in [-0.39, 0.29) is 41.0 Å². The van der Waals surface area contributed by atoms with Crippen molar-refractivity contribution < 1.29 is 23.1 Å². The van der Waals surface area contributed by atoms with Crippen LogP contribution in [0.2, 0.25) is 10.0 Å². The molecule has 9 nitrogen and oxygen atoms in total. The maximum atomic E-state index is 12.7. The van der Waals surface area contributed by atoms with Crippen molar-refractivity contribution in [3.8, 4) is 0 Å². The maximum absolute atomic E-state index is 12.7. The van der Waals surface area contributed by atoms with Gasteiger partial charge in [0.25, 0.3) is 0 Å². The third-order valence-electron chi connectivity index (χ3n) is 5.47. The summed E-state index contributed by atoms with van der Waals surface area (Å²) < 4.78 is 27.1. The zero-order valence-corrected chi connectivity index (χ0v) is 21.8. The average molecular weight is 538 g/mol. The van der Waals surface area contributed by atoms with Gasteiger partial charge in [-0.05, 0) is 43.4 Å². The Morgan fingerprint density at radius 3 is 2.41 bits per heavy atom. The van der Waals surface area contributed by atoms with Gasteiger partial charge in [0.1, 0.15) is 10.9 Å². The smallest absolute Gasteiger partial charge is 0.315 e. The molecule has 1 aliphatic rings. The Morgan fingerprint density at radius 1 is 1.12 bits per heavy atom. The van der Waals surface area contributed by atoms with Gasteiger partial charge in [-0.15, -0.1) is 0 Å². The Labute approximate surface area is 211 Å². The van der Waals surface area contributed by atoms with Gasteiger partial charge in [-0.1, -0.05) is 56.3 Å². The highest BCUT2D eigenvalue weighted by molar-refractivity contribution is 7.89. The fraction of sp³-hybridized carbons (Fsp3) is 0.636. The first-order chi connectivity index (χ1) is 16.0. The summed E-state index contributed by atoms with van der Waals surface area (Å²) in [6.45, 7) is 3.33. The molecule has 2 atom stereocenters. The molecule has 1 aliphatic carbocycles. The molecule has 3 amide bonds. The van der Waals surface area contributed by atoms with Crippen LogP contribution in [0.4, 0.5) is 4.79 Å². The fourth-order valence-electron chi connectivity index (χ4n) is 3.73. The summed E-state index contributed by atoms with van der Waals surface area (Å²) in [6, 6.07) is 2.91. The van der Waals surface area contributed by atoms with Crippen molar-refractivity contribution >= 4 is 45.2 Å². The molecule has 0 spiro atoms. The molecule has 0 bridgehead atoms. The van der Waals surface area contributed by atoms with Crippen LogP contribution < -0.4 is 20.7 Å². The van der Waals surface area contributed by atoms with Crippen LogP contribution in [0.5, 0.6) is 0 Å². The van der Waals surface area contributed by atoms with Gasteiger partial charge in [0.15, 0.2) is 0 Å². The lowest BCUT2D eigenvalue weighted by Crippen LogP contribution is -2.53. The number of hydrogen-bond donors (Lipinski definition) is 5. The molecule has 1 aromatic carbocycles. The van der Waals surface area contributed by atoms with E-state index in [0.717, 1.165) is 25.7 Å². The second-order valence-electron chi connectivity index (χ2n) is 8.96. The predicted octanol–water partition coefficient (Wildman–Crippen LogP) is 2.80. The summed E-state index contributed by atoms with van der Waals surface area (Å²) in [6.07, 6.45) is 4.40. The van der Waals surface area contributed by atoms with Crippen LogP contribution in [-0.4, -0.2) is 56.7 Å². The summed E-state index contributed by atoms with van der Waals surface area (Å²) in [5, 5.41) is 18.7. The number of carbonyl (C=O) groups is 2. The monoisotopic (exact) mass is 536 g/mol. The Morgan fingerprint density at radius 2 is 1.79 bits per heavy atom. The minimum absolute atomic E-state index is 0.0445. The normalized spacial score (nSPS) is 16.6. The largest absolute Gasteiger partial charge is 0.390 e. The molecule has 1 fully saturated rings. The molecule has 34 heavy (non-hydrogen) atoms. The Balaban J connectivity index is 1.85. The molecular formula is C22H34Cl2N4O5S. The Hall–Kier alpha value is -1.59. The van der Waals surface area contributed by atoms with Gasteiger partial charge >= 0.3 is 6.03 Å². The van der Waals surface area contributed by atoms with Crippen LogP contribution in [0.1, 0.15) is 52.4 Å². The second kappa shape index (κ2) is 13.5. The average Bonchev–Trinajstić information content (AvgIpc) is 2.75. The Kier molecular flexibility index (Phi) is 11.4. The number of aliphatic hydroxyl groups is 1. The lowest BCUT2D eigenvalue weighted by molar-refractivity contribution is -0.123. The lowest BCUT2D eigenvalue weighted by Gasteiger charge is -2.25. The van der Waals surface area contributed by atoms with Crippen molar-refractivity contribution in [2.75, 3.05) is 13.1 Å². The van der Waals surface area contributed by atoms with Crippen molar-refractivity contribution in [2.24, 2.45) is 5.92 Å². The zero-order chi connectivity index (χ0) is 25.3. The first-order valence-electron chi connectivity index (χ1n) is 11.5. The van der Waals surface area contributed by atoms with Crippen LogP contribution in [0.25, 0.3) is 0 Å². The summed E-state index contributed by atoms with van der Waals surface area (Å²) in [5.41, 5.74) is 0. The molecule has 0 aliphatic heterocycles. The minimum atomic E-state index is -3.98. The van der Waals surface area contributed by atoms with Gasteiger partial charge in [0.05, 0.1) is 11.1 Å².